The number of rotatable bonds is 4. The van der Waals surface area contributed by atoms with Crippen molar-refractivity contribution in [2.75, 3.05) is 0 Å². The molecule has 7 nitrogen and oxygen atoms in total. The van der Waals surface area contributed by atoms with Crippen LogP contribution < -0.4 is 5.32 Å². The minimum absolute atomic E-state index is 0.140. The van der Waals surface area contributed by atoms with E-state index in [0.717, 1.165) is 11.3 Å². The van der Waals surface area contributed by atoms with Crippen LogP contribution in [0.5, 0.6) is 0 Å². The normalized spacial score (nSPS) is 11.9. The number of amides is 1. The molecule has 3 aromatic rings. The molecule has 0 bridgehead atoms. The Morgan fingerprint density at radius 3 is 2.64 bits per heavy atom. The van der Waals surface area contributed by atoms with Crippen molar-refractivity contribution in [1.29, 1.82) is 0 Å². The van der Waals surface area contributed by atoms with Gasteiger partial charge in [-0.1, -0.05) is 12.1 Å². The third kappa shape index (κ3) is 2.98. The van der Waals surface area contributed by atoms with Crippen molar-refractivity contribution >= 4 is 5.91 Å². The molecule has 1 amide bonds. The fourth-order valence-corrected chi connectivity index (χ4v) is 2.03. The number of hydrogen-bond acceptors (Lipinski definition) is 5. The predicted molar refractivity (Wildman–Crippen MR) is 79.3 cm³/mol. The first-order chi connectivity index (χ1) is 10.7. The van der Waals surface area contributed by atoms with E-state index in [1.807, 2.05) is 31.2 Å². The summed E-state index contributed by atoms with van der Waals surface area (Å²) < 4.78 is 1.67. The van der Waals surface area contributed by atoms with Gasteiger partial charge >= 0.3 is 0 Å². The quantitative estimate of drug-likeness (QED) is 0.789. The smallest absolute Gasteiger partial charge is 0.271 e. The molecule has 0 fully saturated rings. The Bertz CT molecular complexity index is 739. The molecule has 7 heteroatoms. The van der Waals surface area contributed by atoms with Gasteiger partial charge in [-0.3, -0.25) is 9.78 Å². The average Bonchev–Trinajstić information content (AvgIpc) is 3.10. The SMILES string of the molecule is C[C@@H](NC(=O)c1cnccn1)c1ccc(-n2cncn2)cc1. The van der Waals surface area contributed by atoms with Crippen molar-refractivity contribution < 1.29 is 4.79 Å². The van der Waals surface area contributed by atoms with E-state index in [2.05, 4.69) is 25.4 Å². The number of aromatic nitrogens is 5. The third-order valence-corrected chi connectivity index (χ3v) is 3.22. The van der Waals surface area contributed by atoms with E-state index in [-0.39, 0.29) is 11.9 Å². The summed E-state index contributed by atoms with van der Waals surface area (Å²) >= 11 is 0. The van der Waals surface area contributed by atoms with Crippen LogP contribution in [0.25, 0.3) is 5.69 Å². The zero-order chi connectivity index (χ0) is 15.4. The molecule has 2 aromatic heterocycles. The standard InChI is InChI=1S/C15H14N6O/c1-11(20-15(22)14-8-16-6-7-18-14)12-2-4-13(5-3-12)21-10-17-9-19-21/h2-11H,1H3,(H,20,22)/t11-/m1/s1. The molecule has 0 unspecified atom stereocenters. The molecule has 0 aliphatic carbocycles. The Morgan fingerprint density at radius 2 is 2.00 bits per heavy atom. The molecule has 22 heavy (non-hydrogen) atoms. The number of carbonyl (C=O) groups excluding carboxylic acids is 1. The van der Waals surface area contributed by atoms with E-state index in [4.69, 9.17) is 0 Å². The Balaban J connectivity index is 1.70. The second-order valence-electron chi connectivity index (χ2n) is 4.72. The van der Waals surface area contributed by atoms with Gasteiger partial charge in [0.05, 0.1) is 17.9 Å². The fourth-order valence-electron chi connectivity index (χ4n) is 2.03. The van der Waals surface area contributed by atoms with Gasteiger partial charge < -0.3 is 5.32 Å². The molecular formula is C15H14N6O. The van der Waals surface area contributed by atoms with E-state index >= 15 is 0 Å². The minimum Gasteiger partial charge on any atom is -0.344 e. The lowest BCUT2D eigenvalue weighted by Gasteiger charge is -2.14. The van der Waals surface area contributed by atoms with Crippen LogP contribution in [0, 0.1) is 0 Å². The topological polar surface area (TPSA) is 85.6 Å². The monoisotopic (exact) mass is 294 g/mol. The first kappa shape index (κ1) is 13.9. The fraction of sp³-hybridized carbons (Fsp3) is 0.133. The maximum absolute atomic E-state index is 12.0. The van der Waals surface area contributed by atoms with Crippen LogP contribution in [-0.4, -0.2) is 30.6 Å². The molecule has 0 aliphatic heterocycles. The van der Waals surface area contributed by atoms with E-state index in [1.165, 1.54) is 24.9 Å². The average molecular weight is 294 g/mol. The summed E-state index contributed by atoms with van der Waals surface area (Å²) in [5.74, 6) is -0.249. The van der Waals surface area contributed by atoms with Crippen LogP contribution in [0.4, 0.5) is 0 Å². The summed E-state index contributed by atoms with van der Waals surface area (Å²) in [6, 6.07) is 7.60. The summed E-state index contributed by atoms with van der Waals surface area (Å²) in [4.78, 5) is 23.8. The van der Waals surface area contributed by atoms with Gasteiger partial charge in [-0.05, 0) is 24.6 Å². The first-order valence-corrected chi connectivity index (χ1v) is 6.76. The molecule has 0 saturated carbocycles. The van der Waals surface area contributed by atoms with Crippen molar-refractivity contribution in [2.45, 2.75) is 13.0 Å². The predicted octanol–water partition coefficient (Wildman–Crippen LogP) is 1.55. The molecule has 2 heterocycles. The van der Waals surface area contributed by atoms with Crippen LogP contribution >= 0.6 is 0 Å². The van der Waals surface area contributed by atoms with Crippen molar-refractivity contribution in [3.05, 3.63) is 66.8 Å². The highest BCUT2D eigenvalue weighted by molar-refractivity contribution is 5.92. The highest BCUT2D eigenvalue weighted by Crippen LogP contribution is 2.15. The lowest BCUT2D eigenvalue weighted by Crippen LogP contribution is -2.27. The van der Waals surface area contributed by atoms with E-state index in [9.17, 15) is 4.79 Å². The van der Waals surface area contributed by atoms with Gasteiger partial charge in [0.25, 0.3) is 5.91 Å². The zero-order valence-electron chi connectivity index (χ0n) is 11.9. The second kappa shape index (κ2) is 6.13. The van der Waals surface area contributed by atoms with Crippen LogP contribution in [0.1, 0.15) is 29.0 Å². The highest BCUT2D eigenvalue weighted by Gasteiger charge is 2.12. The third-order valence-electron chi connectivity index (χ3n) is 3.22. The molecule has 0 aliphatic rings. The van der Waals surface area contributed by atoms with Crippen molar-refractivity contribution in [1.82, 2.24) is 30.0 Å². The molecule has 1 aromatic carbocycles. The van der Waals surface area contributed by atoms with Crippen molar-refractivity contribution in [3.63, 3.8) is 0 Å². The number of nitrogens with one attached hydrogen (secondary N) is 1. The van der Waals surface area contributed by atoms with Gasteiger partial charge in [-0.15, -0.1) is 0 Å². The van der Waals surface area contributed by atoms with Gasteiger partial charge in [0.1, 0.15) is 18.3 Å². The minimum atomic E-state index is -0.249. The van der Waals surface area contributed by atoms with Gasteiger partial charge in [0.15, 0.2) is 0 Å². The highest BCUT2D eigenvalue weighted by atomic mass is 16.1. The Kier molecular flexibility index (Phi) is 3.86. The number of hydrogen-bond donors (Lipinski definition) is 1. The van der Waals surface area contributed by atoms with Gasteiger partial charge in [-0.2, -0.15) is 5.10 Å². The Labute approximate surface area is 127 Å². The lowest BCUT2D eigenvalue weighted by atomic mass is 10.1. The van der Waals surface area contributed by atoms with Crippen LogP contribution in [-0.2, 0) is 0 Å². The van der Waals surface area contributed by atoms with Crippen LogP contribution in [0.3, 0.4) is 0 Å². The van der Waals surface area contributed by atoms with E-state index in [1.54, 1.807) is 11.0 Å². The van der Waals surface area contributed by atoms with E-state index < -0.39 is 0 Å². The molecule has 1 atom stereocenters. The number of benzene rings is 1. The molecule has 0 spiro atoms. The second-order valence-corrected chi connectivity index (χ2v) is 4.72. The molecule has 1 N–H and O–H groups in total. The summed E-state index contributed by atoms with van der Waals surface area (Å²) in [5, 5.41) is 6.96. The molecule has 0 saturated heterocycles. The summed E-state index contributed by atoms with van der Waals surface area (Å²) in [5.41, 5.74) is 2.20. The summed E-state index contributed by atoms with van der Waals surface area (Å²) in [7, 11) is 0. The first-order valence-electron chi connectivity index (χ1n) is 6.76. The zero-order valence-corrected chi connectivity index (χ0v) is 11.9. The Morgan fingerprint density at radius 1 is 1.18 bits per heavy atom. The molecule has 0 radical (unpaired) electrons. The maximum Gasteiger partial charge on any atom is 0.271 e. The van der Waals surface area contributed by atoms with Crippen LogP contribution in [0.15, 0.2) is 55.5 Å². The number of nitrogens with zero attached hydrogens (tertiary/aromatic N) is 5. The lowest BCUT2D eigenvalue weighted by molar-refractivity contribution is 0.0934. The van der Waals surface area contributed by atoms with Crippen molar-refractivity contribution in [3.8, 4) is 5.69 Å². The van der Waals surface area contributed by atoms with Gasteiger partial charge in [0, 0.05) is 12.4 Å². The van der Waals surface area contributed by atoms with Gasteiger partial charge in [-0.25, -0.2) is 14.6 Å². The maximum atomic E-state index is 12.0. The summed E-state index contributed by atoms with van der Waals surface area (Å²) in [6.45, 7) is 1.92. The molecule has 3 rings (SSSR count). The molecule has 110 valence electrons. The van der Waals surface area contributed by atoms with Gasteiger partial charge in [0.2, 0.25) is 0 Å². The summed E-state index contributed by atoms with van der Waals surface area (Å²) in [6.07, 6.45) is 7.58. The van der Waals surface area contributed by atoms with E-state index in [0.29, 0.717) is 5.69 Å². The number of carbonyl (C=O) groups is 1. The Hall–Kier alpha value is -3.09. The van der Waals surface area contributed by atoms with Crippen molar-refractivity contribution in [2.24, 2.45) is 0 Å². The molecular weight excluding hydrogens is 280 g/mol. The largest absolute Gasteiger partial charge is 0.344 e. The van der Waals surface area contributed by atoms with Crippen LogP contribution in [0.2, 0.25) is 0 Å².